The zero-order valence-electron chi connectivity index (χ0n) is 64.4. The van der Waals surface area contributed by atoms with Crippen molar-refractivity contribution in [3.05, 3.63) is 208 Å². The molecule has 2 aromatic heterocycles. The van der Waals surface area contributed by atoms with E-state index in [1.807, 2.05) is 0 Å². The van der Waals surface area contributed by atoms with Gasteiger partial charge in [-0.05, 0) is 193 Å². The van der Waals surface area contributed by atoms with Gasteiger partial charge < -0.3 is 19.1 Å². The number of nitrogens with one attached hydrogen (secondary N) is 1. The van der Waals surface area contributed by atoms with Crippen LogP contribution < -0.4 is 10.2 Å². The van der Waals surface area contributed by atoms with Gasteiger partial charge in [-0.25, -0.2) is 0 Å². The molecule has 3 aliphatic carbocycles. The standard InChI is InChI=1S/C98H118N2O2/c1-13-17-21-25-28-37-57-97(58-38-29-26-22-18-14-2)81-62-70(51-53-71(81)76-64-83-77(65-82(76)97)90-79(55-56-88-91(90)73-41-31-35-45-86(73)101-88)98(83,59-39-30-27-23-19-15-3)66-99-60-40-24-20-16-4)100(85-44-34-33-43-78(85)95(8,9)10)69-52-54-72-80(61-69)96(11,12)84-63-75(67-47-49-68(50-48-67)94(5,6)7)93-92(89(72)84)74-42-32-36-46-87(74)102-93/h31-36,41-56,61-65,99H,13-30,37-40,57-60,66H2,1-12H3. The molecule has 0 aliphatic heterocycles. The second-order valence-electron chi connectivity index (χ2n) is 34.0. The topological polar surface area (TPSA) is 41.6 Å². The summed E-state index contributed by atoms with van der Waals surface area (Å²) >= 11 is 0. The first kappa shape index (κ1) is 71.3. The number of hydrogen-bond donors (Lipinski definition) is 1. The third-order valence-electron chi connectivity index (χ3n) is 24.6. The van der Waals surface area contributed by atoms with E-state index in [-0.39, 0.29) is 27.1 Å². The number of unbranched alkanes of at least 4 members (excludes halogenated alkanes) is 18. The Labute approximate surface area is 612 Å². The van der Waals surface area contributed by atoms with Crippen LogP contribution in [-0.2, 0) is 27.1 Å². The van der Waals surface area contributed by atoms with Crippen molar-refractivity contribution in [1.29, 1.82) is 0 Å². The Bertz CT molecular complexity index is 4750. The molecule has 9 aromatic carbocycles. The normalized spacial score (nSPS) is 15.6. The molecule has 0 bridgehead atoms. The number of nitrogens with zero attached hydrogens (tertiary/aromatic N) is 1. The lowest BCUT2D eigenvalue weighted by molar-refractivity contribution is 0.397. The predicted octanol–water partition coefficient (Wildman–Crippen LogP) is 29.5. The van der Waals surface area contributed by atoms with Crippen LogP contribution in [0.3, 0.4) is 0 Å². The molecule has 0 spiro atoms. The molecular weight excluding hydrogens is 1240 g/mol. The Kier molecular flexibility index (Phi) is 20.9. The Morgan fingerprint density at radius 2 is 0.873 bits per heavy atom. The van der Waals surface area contributed by atoms with Crippen LogP contribution in [0.2, 0.25) is 0 Å². The van der Waals surface area contributed by atoms with E-state index in [1.54, 1.807) is 5.56 Å². The number of furan rings is 2. The van der Waals surface area contributed by atoms with Gasteiger partial charge in [0.15, 0.2) is 0 Å². The Balaban J connectivity index is 0.981. The van der Waals surface area contributed by atoms with Crippen molar-refractivity contribution >= 4 is 60.9 Å². The van der Waals surface area contributed by atoms with E-state index in [2.05, 4.69) is 257 Å². The lowest BCUT2D eigenvalue weighted by Gasteiger charge is -2.36. The fraction of sp³-hybridized carbons (Fsp3) is 0.449. The number of anilines is 3. The van der Waals surface area contributed by atoms with Crippen molar-refractivity contribution in [1.82, 2.24) is 5.32 Å². The van der Waals surface area contributed by atoms with Gasteiger partial charge in [-0.3, -0.25) is 0 Å². The van der Waals surface area contributed by atoms with Crippen LogP contribution in [-0.4, -0.2) is 13.1 Å². The van der Waals surface area contributed by atoms with Gasteiger partial charge in [0.25, 0.3) is 0 Å². The van der Waals surface area contributed by atoms with Gasteiger partial charge in [-0.2, -0.15) is 0 Å². The molecule has 1 atom stereocenters. The number of rotatable bonds is 32. The van der Waals surface area contributed by atoms with E-state index in [9.17, 15) is 0 Å². The first-order chi connectivity index (χ1) is 49.5. The molecule has 532 valence electrons. The van der Waals surface area contributed by atoms with Crippen molar-refractivity contribution in [3.63, 3.8) is 0 Å². The Morgan fingerprint density at radius 3 is 1.50 bits per heavy atom. The zero-order valence-corrected chi connectivity index (χ0v) is 64.4. The fourth-order valence-corrected chi connectivity index (χ4v) is 19.0. The minimum absolute atomic E-state index is 0.0481. The van der Waals surface area contributed by atoms with E-state index in [1.165, 1.54) is 258 Å². The summed E-state index contributed by atoms with van der Waals surface area (Å²) in [6.07, 6.45) is 31.3. The van der Waals surface area contributed by atoms with Gasteiger partial charge in [-0.1, -0.05) is 315 Å². The molecule has 1 unspecified atom stereocenters. The molecule has 0 fully saturated rings. The highest BCUT2D eigenvalue weighted by Crippen LogP contribution is 2.63. The predicted molar refractivity (Wildman–Crippen MR) is 440 cm³/mol. The van der Waals surface area contributed by atoms with E-state index in [0.29, 0.717) is 0 Å². The third-order valence-corrected chi connectivity index (χ3v) is 24.6. The van der Waals surface area contributed by atoms with E-state index in [0.717, 1.165) is 60.2 Å². The average Bonchev–Trinajstić information content (AvgIpc) is 1.53. The molecule has 4 heteroatoms. The fourth-order valence-electron chi connectivity index (χ4n) is 19.0. The molecule has 2 heterocycles. The summed E-state index contributed by atoms with van der Waals surface area (Å²) in [4.78, 5) is 2.68. The Morgan fingerprint density at radius 1 is 0.373 bits per heavy atom. The lowest BCUT2D eigenvalue weighted by atomic mass is 9.69. The number of fused-ring (bicyclic) bond motifs is 17. The van der Waals surface area contributed by atoms with Gasteiger partial charge in [0.1, 0.15) is 22.3 Å². The maximum Gasteiger partial charge on any atom is 0.143 e. The SMILES string of the molecule is CCCCCCCCC1(CCCCCCCC)c2cc(N(c3ccc4c(c3)C(C)(C)c3cc(-c5ccc(C(C)(C)C)cc5)c5oc6ccccc6c5c3-4)c3ccccc3C(C)(C)C)ccc2-c2cc3c(cc21)-c1c(ccc2oc4ccccc4c12)C3(CCCCCCCC)CNCCCCCC. The van der Waals surface area contributed by atoms with Gasteiger partial charge in [0, 0.05) is 67.0 Å². The van der Waals surface area contributed by atoms with Crippen LogP contribution in [0, 0.1) is 0 Å². The molecule has 0 saturated heterocycles. The van der Waals surface area contributed by atoms with Crippen LogP contribution in [0.5, 0.6) is 0 Å². The lowest BCUT2D eigenvalue weighted by Crippen LogP contribution is -2.38. The number of benzene rings is 9. The van der Waals surface area contributed by atoms with Crippen molar-refractivity contribution in [2.45, 2.75) is 271 Å². The maximum absolute atomic E-state index is 7.06. The minimum atomic E-state index is -0.340. The van der Waals surface area contributed by atoms with E-state index < -0.39 is 0 Å². The summed E-state index contributed by atoms with van der Waals surface area (Å²) in [5, 5.41) is 9.16. The minimum Gasteiger partial charge on any atom is -0.456 e. The molecule has 1 N–H and O–H groups in total. The summed E-state index contributed by atoms with van der Waals surface area (Å²) < 4.78 is 14.0. The highest BCUT2D eigenvalue weighted by Gasteiger charge is 2.50. The maximum atomic E-state index is 7.06. The highest BCUT2D eigenvalue weighted by molar-refractivity contribution is 6.19. The molecule has 14 rings (SSSR count). The second-order valence-corrected chi connectivity index (χ2v) is 34.0. The summed E-state index contributed by atoms with van der Waals surface area (Å²) in [7, 11) is 0. The summed E-state index contributed by atoms with van der Waals surface area (Å²) in [5.41, 5.74) is 29.0. The van der Waals surface area contributed by atoms with E-state index >= 15 is 0 Å². The molecule has 4 nitrogen and oxygen atoms in total. The van der Waals surface area contributed by atoms with Gasteiger partial charge in [-0.15, -0.1) is 0 Å². The van der Waals surface area contributed by atoms with Crippen LogP contribution in [0.25, 0.3) is 88.4 Å². The average molecular weight is 1360 g/mol. The quantitative estimate of drug-likeness (QED) is 0.0427. The first-order valence-corrected chi connectivity index (χ1v) is 40.6. The number of para-hydroxylation sites is 3. The van der Waals surface area contributed by atoms with Crippen molar-refractivity contribution in [2.75, 3.05) is 18.0 Å². The van der Waals surface area contributed by atoms with Crippen molar-refractivity contribution in [2.24, 2.45) is 0 Å². The van der Waals surface area contributed by atoms with E-state index in [4.69, 9.17) is 8.83 Å². The molecule has 11 aromatic rings. The second kappa shape index (κ2) is 29.8. The van der Waals surface area contributed by atoms with Gasteiger partial charge in [0.2, 0.25) is 0 Å². The summed E-state index contributed by atoms with van der Waals surface area (Å²) in [6, 6.07) is 64.7. The first-order valence-electron chi connectivity index (χ1n) is 40.6. The van der Waals surface area contributed by atoms with Gasteiger partial charge in [0.05, 0.1) is 0 Å². The zero-order chi connectivity index (χ0) is 71.0. The van der Waals surface area contributed by atoms with Crippen molar-refractivity contribution < 1.29 is 8.83 Å². The van der Waals surface area contributed by atoms with Crippen molar-refractivity contribution in [3.8, 4) is 44.5 Å². The molecule has 0 saturated carbocycles. The third kappa shape index (κ3) is 13.1. The number of hydrogen-bond acceptors (Lipinski definition) is 4. The van der Waals surface area contributed by atoms with Crippen LogP contribution >= 0.6 is 0 Å². The van der Waals surface area contributed by atoms with Crippen LogP contribution in [0.4, 0.5) is 17.1 Å². The molecule has 0 amide bonds. The molecule has 3 aliphatic rings. The molecular formula is C98H118N2O2. The Hall–Kier alpha value is -7.66. The smallest absolute Gasteiger partial charge is 0.143 e. The highest BCUT2D eigenvalue weighted by atomic mass is 16.3. The summed E-state index contributed by atoms with van der Waals surface area (Å²) in [6.45, 7) is 30.4. The largest absolute Gasteiger partial charge is 0.456 e. The van der Waals surface area contributed by atoms with Crippen LogP contribution in [0.15, 0.2) is 173 Å². The summed E-state index contributed by atoms with van der Waals surface area (Å²) in [5.74, 6) is 0. The monoisotopic (exact) mass is 1350 g/mol. The van der Waals surface area contributed by atoms with Gasteiger partial charge >= 0.3 is 0 Å². The molecule has 0 radical (unpaired) electrons. The molecule has 102 heavy (non-hydrogen) atoms. The van der Waals surface area contributed by atoms with Crippen LogP contribution in [0.1, 0.15) is 288 Å².